The molecule has 0 N–H and O–H groups in total. The molecule has 0 aliphatic heterocycles. The van der Waals surface area contributed by atoms with Crippen molar-refractivity contribution < 1.29 is 9.47 Å². The van der Waals surface area contributed by atoms with Crippen molar-refractivity contribution in [1.29, 1.82) is 0 Å². The van der Waals surface area contributed by atoms with Crippen LogP contribution in [0.3, 0.4) is 0 Å². The van der Waals surface area contributed by atoms with Gasteiger partial charge in [-0.25, -0.2) is 0 Å². The molecular weight excluding hydrogens is 380 g/mol. The molecule has 0 bridgehead atoms. The van der Waals surface area contributed by atoms with E-state index in [1.54, 1.807) is 0 Å². The van der Waals surface area contributed by atoms with Gasteiger partial charge in [0.05, 0.1) is 13.2 Å². The van der Waals surface area contributed by atoms with Crippen molar-refractivity contribution in [2.45, 2.75) is 84.5 Å². The first-order chi connectivity index (χ1) is 14.3. The van der Waals surface area contributed by atoms with Crippen molar-refractivity contribution in [3.8, 4) is 11.5 Å². The molecule has 0 fully saturated rings. The smallest absolute Gasteiger partial charge is 0.130 e. The Hall–Kier alpha value is -1.41. The molecule has 0 aliphatic rings. The maximum Gasteiger partial charge on any atom is 0.130 e. The highest BCUT2D eigenvalue weighted by atomic mass is 35.5. The molecule has 0 amide bonds. The van der Waals surface area contributed by atoms with E-state index >= 15 is 0 Å². The lowest BCUT2D eigenvalue weighted by Crippen LogP contribution is -2.03. The highest BCUT2D eigenvalue weighted by Crippen LogP contribution is 2.37. The zero-order chi connectivity index (χ0) is 20.7. The van der Waals surface area contributed by atoms with Crippen LogP contribution in [0, 0.1) is 0 Å². The maximum atomic E-state index is 6.27. The van der Waals surface area contributed by atoms with E-state index in [0.29, 0.717) is 0 Å². The predicted octanol–water partition coefficient (Wildman–Crippen LogP) is 8.32. The first-order valence-electron chi connectivity index (χ1n) is 11.7. The van der Waals surface area contributed by atoms with Gasteiger partial charge in [-0.15, -0.1) is 11.6 Å². The van der Waals surface area contributed by atoms with E-state index in [0.717, 1.165) is 61.7 Å². The van der Waals surface area contributed by atoms with Crippen LogP contribution < -0.4 is 9.47 Å². The van der Waals surface area contributed by atoms with Gasteiger partial charge in [0.15, 0.2) is 0 Å². The minimum atomic E-state index is 0.778. The second-order valence-electron chi connectivity index (χ2n) is 7.83. The van der Waals surface area contributed by atoms with Crippen molar-refractivity contribution >= 4 is 22.4 Å². The zero-order valence-corrected chi connectivity index (χ0v) is 19.2. The molecule has 2 rings (SSSR count). The van der Waals surface area contributed by atoms with Gasteiger partial charge in [-0.1, -0.05) is 83.1 Å². The minimum absolute atomic E-state index is 0.778. The summed E-state index contributed by atoms with van der Waals surface area (Å²) in [5, 5.41) is 2.34. The van der Waals surface area contributed by atoms with E-state index in [-0.39, 0.29) is 0 Å². The largest absolute Gasteiger partial charge is 0.493 e. The topological polar surface area (TPSA) is 18.5 Å². The molecule has 2 nitrogen and oxygen atoms in total. The van der Waals surface area contributed by atoms with E-state index in [9.17, 15) is 0 Å². The fourth-order valence-electron chi connectivity index (χ4n) is 3.71. The summed E-state index contributed by atoms with van der Waals surface area (Å²) in [5.41, 5.74) is 1.25. The lowest BCUT2D eigenvalue weighted by molar-refractivity contribution is 0.299. The Labute approximate surface area is 182 Å². The molecule has 0 saturated carbocycles. The Bertz CT molecular complexity index is 698. The van der Waals surface area contributed by atoms with Gasteiger partial charge >= 0.3 is 0 Å². The van der Waals surface area contributed by atoms with Gasteiger partial charge in [0.1, 0.15) is 11.5 Å². The van der Waals surface area contributed by atoms with Gasteiger partial charge in [0.2, 0.25) is 0 Å². The van der Waals surface area contributed by atoms with Gasteiger partial charge in [0.25, 0.3) is 0 Å². The molecule has 162 valence electrons. The molecular formula is C26H39ClO2. The number of hydrogen-bond donors (Lipinski definition) is 0. The number of alkyl halides is 1. The van der Waals surface area contributed by atoms with Gasteiger partial charge < -0.3 is 9.47 Å². The molecule has 3 heteroatoms. The fraction of sp³-hybridized carbons (Fsp3) is 0.615. The normalized spacial score (nSPS) is 11.1. The highest BCUT2D eigenvalue weighted by molar-refractivity contribution is 6.17. The van der Waals surface area contributed by atoms with Crippen LogP contribution in [0.4, 0.5) is 0 Å². The summed E-state index contributed by atoms with van der Waals surface area (Å²) in [6.45, 7) is 6.00. The van der Waals surface area contributed by atoms with Crippen LogP contribution in [0.2, 0.25) is 0 Å². The van der Waals surface area contributed by atoms with Gasteiger partial charge in [-0.05, 0) is 37.3 Å². The summed E-state index contributed by atoms with van der Waals surface area (Å²) in [4.78, 5) is 0. The Morgan fingerprint density at radius 1 is 0.724 bits per heavy atom. The molecule has 0 spiro atoms. The first-order valence-corrected chi connectivity index (χ1v) is 12.2. The molecule has 0 heterocycles. The van der Waals surface area contributed by atoms with Crippen LogP contribution in [0.25, 0.3) is 10.8 Å². The van der Waals surface area contributed by atoms with Crippen molar-refractivity contribution in [3.05, 3.63) is 35.9 Å². The first kappa shape index (κ1) is 23.9. The maximum absolute atomic E-state index is 6.27. The van der Waals surface area contributed by atoms with E-state index < -0.39 is 0 Å². The summed E-state index contributed by atoms with van der Waals surface area (Å²) < 4.78 is 12.5. The molecule has 0 radical (unpaired) electrons. The summed E-state index contributed by atoms with van der Waals surface area (Å²) in [5.74, 6) is 2.83. The number of unbranched alkanes of at least 4 members (excludes halogenated alkanes) is 8. The minimum Gasteiger partial charge on any atom is -0.493 e. The van der Waals surface area contributed by atoms with Crippen molar-refractivity contribution in [1.82, 2.24) is 0 Å². The number of rotatable bonds is 16. The predicted molar refractivity (Wildman–Crippen MR) is 127 cm³/mol. The fourth-order valence-corrected chi connectivity index (χ4v) is 3.90. The van der Waals surface area contributed by atoms with Crippen molar-refractivity contribution in [2.75, 3.05) is 19.1 Å². The summed E-state index contributed by atoms with van der Waals surface area (Å²) in [6, 6.07) is 10.7. The molecule has 0 unspecified atom stereocenters. The Kier molecular flexibility index (Phi) is 12.0. The van der Waals surface area contributed by atoms with E-state index in [1.165, 1.54) is 55.9 Å². The monoisotopic (exact) mass is 418 g/mol. The highest BCUT2D eigenvalue weighted by Gasteiger charge is 2.13. The average molecular weight is 419 g/mol. The molecule has 0 aromatic heterocycles. The standard InChI is InChI=1S/C26H39ClO2/c1-3-5-6-14-20-29-26-22(4-2)21-25(23-16-11-12-17-24(23)26)28-19-15-10-8-7-9-13-18-27/h11-12,16-17,21H,3-10,13-15,18-20H2,1-2H3. The third-order valence-electron chi connectivity index (χ3n) is 5.44. The van der Waals surface area contributed by atoms with Gasteiger partial charge in [-0.2, -0.15) is 0 Å². The number of aryl methyl sites for hydroxylation is 1. The number of ether oxygens (including phenoxy) is 2. The summed E-state index contributed by atoms with van der Waals surface area (Å²) in [6.07, 6.45) is 13.1. The Balaban J connectivity index is 1.97. The van der Waals surface area contributed by atoms with E-state index in [2.05, 4.69) is 44.2 Å². The van der Waals surface area contributed by atoms with Crippen LogP contribution in [0.5, 0.6) is 11.5 Å². The molecule has 2 aromatic rings. The zero-order valence-electron chi connectivity index (χ0n) is 18.5. The number of benzene rings is 2. The lowest BCUT2D eigenvalue weighted by Gasteiger charge is -2.17. The van der Waals surface area contributed by atoms with E-state index in [4.69, 9.17) is 21.1 Å². The molecule has 0 atom stereocenters. The van der Waals surface area contributed by atoms with Crippen molar-refractivity contribution in [2.24, 2.45) is 0 Å². The van der Waals surface area contributed by atoms with Crippen LogP contribution in [-0.4, -0.2) is 19.1 Å². The van der Waals surface area contributed by atoms with Crippen molar-refractivity contribution in [3.63, 3.8) is 0 Å². The van der Waals surface area contributed by atoms with Crippen LogP contribution in [0.15, 0.2) is 30.3 Å². The van der Waals surface area contributed by atoms with E-state index in [1.807, 2.05) is 0 Å². The Morgan fingerprint density at radius 3 is 2.03 bits per heavy atom. The number of fused-ring (bicyclic) bond motifs is 1. The lowest BCUT2D eigenvalue weighted by atomic mass is 10.0. The number of halogens is 1. The average Bonchev–Trinajstić information content (AvgIpc) is 2.76. The molecule has 0 aliphatic carbocycles. The number of hydrogen-bond acceptors (Lipinski definition) is 2. The molecule has 29 heavy (non-hydrogen) atoms. The van der Waals surface area contributed by atoms with Gasteiger partial charge in [-0.3, -0.25) is 0 Å². The third-order valence-corrected chi connectivity index (χ3v) is 5.71. The second kappa shape index (κ2) is 14.6. The third kappa shape index (κ3) is 8.09. The Morgan fingerprint density at radius 2 is 1.34 bits per heavy atom. The summed E-state index contributed by atoms with van der Waals surface area (Å²) in [7, 11) is 0. The second-order valence-corrected chi connectivity index (χ2v) is 8.21. The van der Waals surface area contributed by atoms with Gasteiger partial charge in [0, 0.05) is 16.7 Å². The van der Waals surface area contributed by atoms with Crippen LogP contribution in [-0.2, 0) is 6.42 Å². The molecule has 2 aromatic carbocycles. The SMILES string of the molecule is CCCCCCOc1c(CC)cc(OCCCCCCCCCl)c2ccccc12. The quantitative estimate of drug-likeness (QED) is 0.201. The van der Waals surface area contributed by atoms with Crippen LogP contribution >= 0.6 is 11.6 Å². The molecule has 0 saturated heterocycles. The summed E-state index contributed by atoms with van der Waals surface area (Å²) >= 11 is 5.73. The van der Waals surface area contributed by atoms with Crippen LogP contribution in [0.1, 0.15) is 83.6 Å².